The average molecular weight is 273 g/mol. The lowest BCUT2D eigenvalue weighted by Gasteiger charge is -2.11. The Morgan fingerprint density at radius 1 is 1.20 bits per heavy atom. The van der Waals surface area contributed by atoms with Gasteiger partial charge in [0.15, 0.2) is 0 Å². The van der Waals surface area contributed by atoms with Crippen LogP contribution >= 0.6 is 0 Å². The maximum absolute atomic E-state index is 8.09. The summed E-state index contributed by atoms with van der Waals surface area (Å²) < 4.78 is 0. The summed E-state index contributed by atoms with van der Waals surface area (Å²) >= 11 is 0. The molecule has 0 aromatic heterocycles. The molecule has 20 heavy (non-hydrogen) atoms. The maximum Gasteiger partial charge on any atom is 0.149 e. The van der Waals surface area contributed by atoms with Gasteiger partial charge in [-0.2, -0.15) is 0 Å². The molecule has 0 bridgehead atoms. The van der Waals surface area contributed by atoms with Crippen LogP contribution in [0.4, 0.5) is 0 Å². The van der Waals surface area contributed by atoms with Crippen molar-refractivity contribution >= 4 is 11.7 Å². The van der Waals surface area contributed by atoms with Gasteiger partial charge in [-0.1, -0.05) is 45.6 Å². The van der Waals surface area contributed by atoms with E-state index in [-0.39, 0.29) is 0 Å². The molecule has 0 aliphatic heterocycles. The molecule has 0 heterocycles. The SMILES string of the molecule is C=C/C=C(\CC)NC(CC=C)=NC(=N)/C(=C/CC)CC. The number of allylic oxidation sites excluding steroid dienone is 4. The molecule has 110 valence electrons. The van der Waals surface area contributed by atoms with Gasteiger partial charge in [0.25, 0.3) is 0 Å². The molecule has 0 aliphatic carbocycles. The van der Waals surface area contributed by atoms with Gasteiger partial charge >= 0.3 is 0 Å². The summed E-state index contributed by atoms with van der Waals surface area (Å²) in [7, 11) is 0. The molecule has 0 rings (SSSR count). The smallest absolute Gasteiger partial charge is 0.149 e. The number of nitrogens with one attached hydrogen (secondary N) is 2. The van der Waals surface area contributed by atoms with Crippen LogP contribution in [0.15, 0.2) is 53.7 Å². The lowest BCUT2D eigenvalue weighted by atomic mass is 10.1. The Balaban J connectivity index is 5.15. The fourth-order valence-electron chi connectivity index (χ4n) is 1.70. The lowest BCUT2D eigenvalue weighted by molar-refractivity contribution is 0.963. The molecule has 0 atom stereocenters. The number of nitrogens with zero attached hydrogens (tertiary/aromatic N) is 1. The summed E-state index contributed by atoms with van der Waals surface area (Å²) in [6.45, 7) is 13.6. The number of hydrogen-bond donors (Lipinski definition) is 2. The zero-order chi connectivity index (χ0) is 15.4. The molecule has 0 amide bonds. The van der Waals surface area contributed by atoms with Crippen molar-refractivity contribution in [3.63, 3.8) is 0 Å². The molecule has 0 aliphatic rings. The van der Waals surface area contributed by atoms with Gasteiger partial charge in [0.1, 0.15) is 11.7 Å². The Hall–Kier alpha value is -1.90. The summed E-state index contributed by atoms with van der Waals surface area (Å²) in [6, 6.07) is 0. The minimum Gasteiger partial charge on any atom is -0.347 e. The van der Waals surface area contributed by atoms with Gasteiger partial charge in [0, 0.05) is 12.1 Å². The van der Waals surface area contributed by atoms with E-state index in [1.54, 1.807) is 12.2 Å². The van der Waals surface area contributed by atoms with Crippen molar-refractivity contribution in [3.05, 3.63) is 48.7 Å². The zero-order valence-corrected chi connectivity index (χ0v) is 13.0. The number of rotatable bonds is 8. The lowest BCUT2D eigenvalue weighted by Crippen LogP contribution is -2.23. The first-order valence-corrected chi connectivity index (χ1v) is 7.17. The van der Waals surface area contributed by atoms with Gasteiger partial charge in [0.05, 0.1) is 0 Å². The minimum atomic E-state index is 0.327. The van der Waals surface area contributed by atoms with Crippen LogP contribution in [0.2, 0.25) is 0 Å². The largest absolute Gasteiger partial charge is 0.347 e. The van der Waals surface area contributed by atoms with Crippen LogP contribution in [0, 0.1) is 5.41 Å². The van der Waals surface area contributed by atoms with Crippen LogP contribution < -0.4 is 5.32 Å². The van der Waals surface area contributed by atoms with E-state index in [1.807, 2.05) is 13.0 Å². The Labute approximate surface area is 123 Å². The first-order chi connectivity index (χ1) is 9.62. The Morgan fingerprint density at radius 2 is 1.90 bits per heavy atom. The molecular formula is C17H27N3. The van der Waals surface area contributed by atoms with E-state index < -0.39 is 0 Å². The third-order valence-corrected chi connectivity index (χ3v) is 2.72. The van der Waals surface area contributed by atoms with Gasteiger partial charge in [-0.25, -0.2) is 4.99 Å². The molecule has 0 aromatic carbocycles. The maximum atomic E-state index is 8.09. The van der Waals surface area contributed by atoms with Crippen LogP contribution in [0.1, 0.15) is 46.5 Å². The standard InChI is InChI=1S/C17H27N3/c1-6-11-14(9-4)17(18)20-16(13-8-3)19-15(10-5)12-7-2/h7-8,11-12H,2-3,6,9-10,13H2,1,4-5H3,(H2,18,19,20)/b14-11+,15-12+. The highest BCUT2D eigenvalue weighted by molar-refractivity contribution is 6.05. The van der Waals surface area contributed by atoms with Crippen molar-refractivity contribution < 1.29 is 0 Å². The van der Waals surface area contributed by atoms with Crippen LogP contribution in [0.5, 0.6) is 0 Å². The highest BCUT2D eigenvalue weighted by atomic mass is 15.0. The second kappa shape index (κ2) is 11.0. The molecule has 3 nitrogen and oxygen atoms in total. The van der Waals surface area contributed by atoms with Gasteiger partial charge in [-0.05, 0) is 30.9 Å². The van der Waals surface area contributed by atoms with Crippen molar-refractivity contribution in [2.75, 3.05) is 0 Å². The van der Waals surface area contributed by atoms with Crippen LogP contribution in [-0.2, 0) is 0 Å². The fourth-order valence-corrected chi connectivity index (χ4v) is 1.70. The quantitative estimate of drug-likeness (QED) is 0.285. The highest BCUT2D eigenvalue weighted by Crippen LogP contribution is 2.07. The molecule has 0 unspecified atom stereocenters. The highest BCUT2D eigenvalue weighted by Gasteiger charge is 2.05. The molecular weight excluding hydrogens is 246 g/mol. The monoisotopic (exact) mass is 273 g/mol. The fraction of sp³-hybridized carbons (Fsp3) is 0.412. The molecule has 3 heteroatoms. The summed E-state index contributed by atoms with van der Waals surface area (Å²) in [6.07, 6.45) is 10.7. The molecule has 0 fully saturated rings. The third kappa shape index (κ3) is 6.88. The number of aliphatic imine (C=N–C) groups is 1. The molecule has 0 saturated heterocycles. The molecule has 0 radical (unpaired) electrons. The summed E-state index contributed by atoms with van der Waals surface area (Å²) in [4.78, 5) is 4.40. The van der Waals surface area contributed by atoms with Gasteiger partial charge in [0.2, 0.25) is 0 Å². The Bertz CT molecular complexity index is 426. The van der Waals surface area contributed by atoms with E-state index in [2.05, 4.69) is 43.4 Å². The summed E-state index contributed by atoms with van der Waals surface area (Å²) in [5.74, 6) is 1.07. The van der Waals surface area contributed by atoms with E-state index in [4.69, 9.17) is 5.41 Å². The molecule has 0 saturated carbocycles. The molecule has 2 N–H and O–H groups in total. The average Bonchev–Trinajstić information content (AvgIpc) is 2.44. The first kappa shape index (κ1) is 18.1. The Kier molecular flexibility index (Phi) is 9.93. The van der Waals surface area contributed by atoms with Crippen LogP contribution in [-0.4, -0.2) is 11.7 Å². The van der Waals surface area contributed by atoms with Crippen LogP contribution in [0.25, 0.3) is 0 Å². The van der Waals surface area contributed by atoms with Crippen molar-refractivity contribution in [3.8, 4) is 0 Å². The summed E-state index contributed by atoms with van der Waals surface area (Å²) in [5.41, 5.74) is 2.01. The number of amidine groups is 2. The normalized spacial score (nSPS) is 13.1. The van der Waals surface area contributed by atoms with E-state index in [9.17, 15) is 0 Å². The van der Waals surface area contributed by atoms with E-state index in [1.165, 1.54) is 0 Å². The van der Waals surface area contributed by atoms with E-state index in [0.717, 1.165) is 36.4 Å². The first-order valence-electron chi connectivity index (χ1n) is 7.17. The van der Waals surface area contributed by atoms with Crippen molar-refractivity contribution in [2.24, 2.45) is 4.99 Å². The predicted molar refractivity (Wildman–Crippen MR) is 90.3 cm³/mol. The topological polar surface area (TPSA) is 48.2 Å². The van der Waals surface area contributed by atoms with Gasteiger partial charge in [-0.15, -0.1) is 6.58 Å². The van der Waals surface area contributed by atoms with E-state index >= 15 is 0 Å². The number of hydrogen-bond acceptors (Lipinski definition) is 1. The predicted octanol–water partition coefficient (Wildman–Crippen LogP) is 4.75. The zero-order valence-electron chi connectivity index (χ0n) is 13.0. The van der Waals surface area contributed by atoms with Crippen molar-refractivity contribution in [1.82, 2.24) is 5.32 Å². The van der Waals surface area contributed by atoms with Crippen LogP contribution in [0.3, 0.4) is 0 Å². The minimum absolute atomic E-state index is 0.327. The van der Waals surface area contributed by atoms with Crippen molar-refractivity contribution in [2.45, 2.75) is 46.5 Å². The molecule has 0 spiro atoms. The second-order valence-electron chi connectivity index (χ2n) is 4.30. The summed E-state index contributed by atoms with van der Waals surface area (Å²) in [5, 5.41) is 11.3. The second-order valence-corrected chi connectivity index (χ2v) is 4.30. The van der Waals surface area contributed by atoms with E-state index in [0.29, 0.717) is 12.3 Å². The van der Waals surface area contributed by atoms with Crippen molar-refractivity contribution in [1.29, 1.82) is 5.41 Å². The Morgan fingerprint density at radius 3 is 2.35 bits per heavy atom. The third-order valence-electron chi connectivity index (χ3n) is 2.72. The molecule has 0 aromatic rings. The van der Waals surface area contributed by atoms with Gasteiger partial charge in [-0.3, -0.25) is 5.41 Å². The van der Waals surface area contributed by atoms with Gasteiger partial charge < -0.3 is 5.32 Å².